The normalized spacial score (nSPS) is 12.9. The van der Waals surface area contributed by atoms with Crippen LogP contribution in [0.5, 0.6) is 0 Å². The molecule has 0 fully saturated rings. The zero-order chi connectivity index (χ0) is 13.2. The number of aromatic nitrogens is 2. The molecule has 3 aromatic heterocycles. The highest BCUT2D eigenvalue weighted by Crippen LogP contribution is 2.17. The number of imidazole rings is 1. The molecule has 0 unspecified atom stereocenters. The molecule has 0 spiro atoms. The Balaban J connectivity index is 1.71. The van der Waals surface area contributed by atoms with Crippen LogP contribution < -0.4 is 5.32 Å². The van der Waals surface area contributed by atoms with Crippen molar-refractivity contribution < 1.29 is 0 Å². The summed E-state index contributed by atoms with van der Waals surface area (Å²) in [6, 6.07) is 6.52. The average molecular weight is 336 g/mol. The molecule has 19 heavy (non-hydrogen) atoms. The maximum Gasteiger partial charge on any atom is 0.137 e. The molecule has 1 atom stereocenters. The van der Waals surface area contributed by atoms with Crippen LogP contribution >= 0.6 is 27.3 Å². The lowest BCUT2D eigenvalue weighted by Gasteiger charge is -2.10. The maximum atomic E-state index is 4.59. The first kappa shape index (κ1) is 12.8. The quantitative estimate of drug-likeness (QED) is 0.780. The van der Waals surface area contributed by atoms with Crippen molar-refractivity contribution in [2.24, 2.45) is 0 Å². The third kappa shape index (κ3) is 2.88. The molecule has 3 nitrogen and oxygen atoms in total. The fraction of sp³-hybridized carbons (Fsp3) is 0.214. The van der Waals surface area contributed by atoms with Gasteiger partial charge in [0.05, 0.1) is 5.69 Å². The molecule has 98 valence electrons. The molecule has 0 radical (unpaired) electrons. The number of thiophene rings is 1. The Bertz CT molecular complexity index is 675. The molecule has 0 saturated carbocycles. The van der Waals surface area contributed by atoms with E-state index in [9.17, 15) is 0 Å². The third-order valence-corrected chi connectivity index (χ3v) is 4.27. The summed E-state index contributed by atoms with van der Waals surface area (Å²) in [5, 5.41) is 7.78. The van der Waals surface area contributed by atoms with Crippen LogP contribution in [0.3, 0.4) is 0 Å². The first-order valence-electron chi connectivity index (χ1n) is 6.11. The Hall–Kier alpha value is -1.17. The van der Waals surface area contributed by atoms with Gasteiger partial charge in [-0.25, -0.2) is 4.98 Å². The van der Waals surface area contributed by atoms with E-state index < -0.39 is 0 Å². The van der Waals surface area contributed by atoms with Gasteiger partial charge in [-0.2, -0.15) is 11.3 Å². The van der Waals surface area contributed by atoms with Crippen LogP contribution in [0.4, 0.5) is 0 Å². The van der Waals surface area contributed by atoms with Crippen molar-refractivity contribution in [3.8, 4) is 0 Å². The summed E-state index contributed by atoms with van der Waals surface area (Å²) < 4.78 is 3.10. The topological polar surface area (TPSA) is 29.3 Å². The van der Waals surface area contributed by atoms with E-state index in [0.29, 0.717) is 6.04 Å². The number of fused-ring (bicyclic) bond motifs is 1. The molecule has 0 bridgehead atoms. The predicted octanol–water partition coefficient (Wildman–Crippen LogP) is 4.01. The van der Waals surface area contributed by atoms with Gasteiger partial charge in [0.25, 0.3) is 0 Å². The van der Waals surface area contributed by atoms with Crippen molar-refractivity contribution in [1.82, 2.24) is 14.7 Å². The van der Waals surface area contributed by atoms with Gasteiger partial charge in [0.2, 0.25) is 0 Å². The average Bonchev–Trinajstić information content (AvgIpc) is 3.04. The number of hydrogen-bond acceptors (Lipinski definition) is 3. The number of pyridine rings is 1. The lowest BCUT2D eigenvalue weighted by molar-refractivity contribution is 0.570. The van der Waals surface area contributed by atoms with Crippen LogP contribution in [-0.4, -0.2) is 9.38 Å². The van der Waals surface area contributed by atoms with Crippen molar-refractivity contribution in [3.63, 3.8) is 0 Å². The van der Waals surface area contributed by atoms with E-state index in [0.717, 1.165) is 22.4 Å². The second-order valence-electron chi connectivity index (χ2n) is 4.50. The van der Waals surface area contributed by atoms with Crippen molar-refractivity contribution in [3.05, 3.63) is 57.1 Å². The fourth-order valence-electron chi connectivity index (χ4n) is 2.00. The van der Waals surface area contributed by atoms with Crippen LogP contribution in [0, 0.1) is 0 Å². The van der Waals surface area contributed by atoms with Crippen molar-refractivity contribution in [2.45, 2.75) is 19.5 Å². The molecule has 3 heterocycles. The van der Waals surface area contributed by atoms with Gasteiger partial charge in [0, 0.05) is 29.5 Å². The maximum absolute atomic E-state index is 4.59. The Morgan fingerprint density at radius 2 is 2.26 bits per heavy atom. The van der Waals surface area contributed by atoms with Crippen molar-refractivity contribution >= 4 is 32.9 Å². The summed E-state index contributed by atoms with van der Waals surface area (Å²) >= 11 is 5.20. The van der Waals surface area contributed by atoms with Gasteiger partial charge in [-0.05, 0) is 57.4 Å². The summed E-state index contributed by atoms with van der Waals surface area (Å²) in [4.78, 5) is 4.59. The van der Waals surface area contributed by atoms with Gasteiger partial charge >= 0.3 is 0 Å². The number of nitrogens with one attached hydrogen (secondary N) is 1. The minimum absolute atomic E-state index is 0.350. The molecule has 0 aliphatic heterocycles. The Morgan fingerprint density at radius 3 is 3.05 bits per heavy atom. The summed E-state index contributed by atoms with van der Waals surface area (Å²) in [6.45, 7) is 2.95. The minimum atomic E-state index is 0.350. The SMILES string of the molecule is C[C@@H](NCc1cn2cc(Br)ccc2n1)c1ccsc1. The highest BCUT2D eigenvalue weighted by molar-refractivity contribution is 9.10. The summed E-state index contributed by atoms with van der Waals surface area (Å²) in [5.74, 6) is 0. The highest BCUT2D eigenvalue weighted by Gasteiger charge is 2.07. The van der Waals surface area contributed by atoms with Gasteiger partial charge < -0.3 is 9.72 Å². The smallest absolute Gasteiger partial charge is 0.137 e. The largest absolute Gasteiger partial charge is 0.306 e. The number of hydrogen-bond donors (Lipinski definition) is 1. The zero-order valence-corrected chi connectivity index (χ0v) is 12.9. The first-order chi connectivity index (χ1) is 9.22. The third-order valence-electron chi connectivity index (χ3n) is 3.10. The second kappa shape index (κ2) is 5.45. The summed E-state index contributed by atoms with van der Waals surface area (Å²) in [7, 11) is 0. The molecule has 5 heteroatoms. The van der Waals surface area contributed by atoms with Crippen LogP contribution in [-0.2, 0) is 6.54 Å². The van der Waals surface area contributed by atoms with Gasteiger partial charge in [0.15, 0.2) is 0 Å². The van der Waals surface area contributed by atoms with Crippen LogP contribution in [0.2, 0.25) is 0 Å². The monoisotopic (exact) mass is 335 g/mol. The molecule has 1 N–H and O–H groups in total. The molecule has 3 aromatic rings. The van der Waals surface area contributed by atoms with E-state index >= 15 is 0 Å². The second-order valence-corrected chi connectivity index (χ2v) is 6.20. The van der Waals surface area contributed by atoms with E-state index in [4.69, 9.17) is 0 Å². The van der Waals surface area contributed by atoms with Crippen LogP contribution in [0.25, 0.3) is 5.65 Å². The zero-order valence-electron chi connectivity index (χ0n) is 10.5. The molecular weight excluding hydrogens is 322 g/mol. The molecule has 0 aliphatic rings. The molecule has 0 aromatic carbocycles. The van der Waals surface area contributed by atoms with E-state index in [1.807, 2.05) is 22.7 Å². The Kier molecular flexibility index (Phi) is 3.68. The predicted molar refractivity (Wildman–Crippen MR) is 82.5 cm³/mol. The van der Waals surface area contributed by atoms with Gasteiger partial charge in [0.1, 0.15) is 5.65 Å². The molecule has 0 saturated heterocycles. The standard InChI is InChI=1S/C14H14BrN3S/c1-10(11-4-5-19-9-11)16-6-13-8-18-7-12(15)2-3-14(18)17-13/h2-5,7-10,16H,6H2,1H3/t10-/m1/s1. The lowest BCUT2D eigenvalue weighted by atomic mass is 10.2. The number of nitrogens with zero attached hydrogens (tertiary/aromatic N) is 2. The molecular formula is C14H14BrN3S. The van der Waals surface area contributed by atoms with E-state index in [-0.39, 0.29) is 0 Å². The van der Waals surface area contributed by atoms with Crippen molar-refractivity contribution in [1.29, 1.82) is 0 Å². The van der Waals surface area contributed by atoms with Crippen molar-refractivity contribution in [2.75, 3.05) is 0 Å². The van der Waals surface area contributed by atoms with Crippen LogP contribution in [0.1, 0.15) is 24.2 Å². The van der Waals surface area contributed by atoms with Crippen LogP contribution in [0.15, 0.2) is 45.8 Å². The Labute approximate surface area is 124 Å². The number of rotatable bonds is 4. The first-order valence-corrected chi connectivity index (χ1v) is 7.84. The van der Waals surface area contributed by atoms with Gasteiger partial charge in [-0.15, -0.1) is 0 Å². The minimum Gasteiger partial charge on any atom is -0.306 e. The fourth-order valence-corrected chi connectivity index (χ4v) is 3.11. The van der Waals surface area contributed by atoms with E-state index in [1.165, 1.54) is 5.56 Å². The van der Waals surface area contributed by atoms with Gasteiger partial charge in [-0.3, -0.25) is 0 Å². The molecule has 0 aliphatic carbocycles. The summed E-state index contributed by atoms with van der Waals surface area (Å²) in [5.41, 5.74) is 3.36. The van der Waals surface area contributed by atoms with Gasteiger partial charge in [-0.1, -0.05) is 0 Å². The number of halogens is 1. The lowest BCUT2D eigenvalue weighted by Crippen LogP contribution is -2.17. The summed E-state index contributed by atoms with van der Waals surface area (Å²) in [6.07, 6.45) is 4.08. The highest BCUT2D eigenvalue weighted by atomic mass is 79.9. The molecule has 3 rings (SSSR count). The molecule has 0 amide bonds. The van der Waals surface area contributed by atoms with E-state index in [2.05, 4.69) is 56.2 Å². The van der Waals surface area contributed by atoms with E-state index in [1.54, 1.807) is 11.3 Å². The Morgan fingerprint density at radius 1 is 1.37 bits per heavy atom.